The summed E-state index contributed by atoms with van der Waals surface area (Å²) in [6, 6.07) is 12.0. The van der Waals surface area contributed by atoms with Crippen LogP contribution in [0.4, 0.5) is 11.4 Å². The van der Waals surface area contributed by atoms with E-state index in [9.17, 15) is 19.7 Å². The molecule has 0 radical (unpaired) electrons. The molecule has 31 heavy (non-hydrogen) atoms. The van der Waals surface area contributed by atoms with Gasteiger partial charge in [-0.25, -0.2) is 0 Å². The quantitative estimate of drug-likeness (QED) is 0.510. The van der Waals surface area contributed by atoms with Crippen LogP contribution < -0.4 is 9.64 Å². The summed E-state index contributed by atoms with van der Waals surface area (Å²) in [5.74, 6) is 0.310. The van der Waals surface area contributed by atoms with E-state index in [1.54, 1.807) is 11.0 Å². The number of nitrogens with zero attached hydrogens (tertiary/aromatic N) is 2. The Bertz CT molecular complexity index is 1090. The van der Waals surface area contributed by atoms with Crippen LogP contribution in [0.15, 0.2) is 53.7 Å². The topological polar surface area (TPSA) is 89.8 Å². The van der Waals surface area contributed by atoms with Crippen LogP contribution in [0.3, 0.4) is 0 Å². The molecule has 0 fully saturated rings. The predicted octanol–water partition coefficient (Wildman–Crippen LogP) is 4.83. The van der Waals surface area contributed by atoms with E-state index in [0.717, 1.165) is 16.9 Å². The fraction of sp³-hybridized carbons (Fsp3) is 0.333. The standard InChI is InChI=1S/C24H24N2O5/c1-3-31-18-11-8-16(9-12-18)19-14-23(28)25(20-5-4-6-22(27)24(19)20)21-13-17(26(29)30)10-7-15(21)2/h7-13,19H,3-6,14H2,1-2H3. The molecule has 0 spiro atoms. The maximum absolute atomic E-state index is 13.3. The molecule has 7 heteroatoms. The number of ether oxygens (including phenoxy) is 1. The van der Waals surface area contributed by atoms with Gasteiger partial charge >= 0.3 is 0 Å². The molecule has 4 rings (SSSR count). The summed E-state index contributed by atoms with van der Waals surface area (Å²) >= 11 is 0. The smallest absolute Gasteiger partial charge is 0.271 e. The van der Waals surface area contributed by atoms with Gasteiger partial charge in [0.1, 0.15) is 5.75 Å². The Labute approximate surface area is 180 Å². The largest absolute Gasteiger partial charge is 0.494 e. The number of carbonyl (C=O) groups is 2. The first-order valence-electron chi connectivity index (χ1n) is 10.5. The summed E-state index contributed by atoms with van der Waals surface area (Å²) in [6.45, 7) is 4.29. The molecule has 1 aliphatic heterocycles. The van der Waals surface area contributed by atoms with Crippen molar-refractivity contribution in [3.05, 3.63) is 75.0 Å². The van der Waals surface area contributed by atoms with Gasteiger partial charge in [0.05, 0.1) is 17.2 Å². The molecular formula is C24H24N2O5. The Morgan fingerprint density at radius 1 is 1.13 bits per heavy atom. The van der Waals surface area contributed by atoms with Crippen molar-refractivity contribution in [1.29, 1.82) is 0 Å². The first kappa shape index (κ1) is 20.8. The average Bonchev–Trinajstić information content (AvgIpc) is 2.75. The van der Waals surface area contributed by atoms with E-state index in [1.807, 2.05) is 38.1 Å². The predicted molar refractivity (Wildman–Crippen MR) is 116 cm³/mol. The van der Waals surface area contributed by atoms with Crippen LogP contribution in [0.25, 0.3) is 0 Å². The minimum atomic E-state index is -0.471. The van der Waals surface area contributed by atoms with Gasteiger partial charge in [-0.2, -0.15) is 0 Å². The first-order chi connectivity index (χ1) is 14.9. The minimum absolute atomic E-state index is 0.0423. The van der Waals surface area contributed by atoms with E-state index in [0.29, 0.717) is 42.8 Å². The van der Waals surface area contributed by atoms with Gasteiger partial charge in [0.25, 0.3) is 5.69 Å². The van der Waals surface area contributed by atoms with Crippen molar-refractivity contribution in [1.82, 2.24) is 0 Å². The molecule has 1 heterocycles. The third kappa shape index (κ3) is 3.83. The summed E-state index contributed by atoms with van der Waals surface area (Å²) in [6.07, 6.45) is 1.83. The number of ketones is 1. The number of hydrogen-bond acceptors (Lipinski definition) is 5. The molecule has 1 unspecified atom stereocenters. The highest BCUT2D eigenvalue weighted by molar-refractivity contribution is 6.07. The van der Waals surface area contributed by atoms with Crippen LogP contribution in [0, 0.1) is 17.0 Å². The monoisotopic (exact) mass is 420 g/mol. The van der Waals surface area contributed by atoms with E-state index in [-0.39, 0.29) is 29.7 Å². The first-order valence-corrected chi connectivity index (χ1v) is 10.5. The van der Waals surface area contributed by atoms with Crippen molar-refractivity contribution in [2.75, 3.05) is 11.5 Å². The SMILES string of the molecule is CCOc1ccc(C2CC(=O)N(c3cc([N+](=O)[O-])ccc3C)C3=C2C(=O)CCC3)cc1. The third-order valence-corrected chi connectivity index (χ3v) is 5.91. The molecule has 2 aromatic rings. The fourth-order valence-corrected chi connectivity index (χ4v) is 4.47. The summed E-state index contributed by atoms with van der Waals surface area (Å²) < 4.78 is 5.51. The lowest BCUT2D eigenvalue weighted by molar-refractivity contribution is -0.384. The van der Waals surface area contributed by atoms with Crippen LogP contribution in [0.1, 0.15) is 49.7 Å². The highest BCUT2D eigenvalue weighted by atomic mass is 16.6. The number of nitro benzene ring substituents is 1. The van der Waals surface area contributed by atoms with Crippen LogP contribution in [0.5, 0.6) is 5.75 Å². The highest BCUT2D eigenvalue weighted by Gasteiger charge is 2.40. The summed E-state index contributed by atoms with van der Waals surface area (Å²) in [5, 5.41) is 11.3. The third-order valence-electron chi connectivity index (χ3n) is 5.91. The molecule has 0 aromatic heterocycles. The van der Waals surface area contributed by atoms with E-state index in [2.05, 4.69) is 0 Å². The zero-order chi connectivity index (χ0) is 22.1. The van der Waals surface area contributed by atoms with Gasteiger partial charge in [0.2, 0.25) is 5.91 Å². The van der Waals surface area contributed by atoms with Gasteiger partial charge < -0.3 is 4.74 Å². The molecule has 2 aromatic carbocycles. The molecule has 7 nitrogen and oxygen atoms in total. The van der Waals surface area contributed by atoms with Gasteiger partial charge in [-0.1, -0.05) is 18.2 Å². The van der Waals surface area contributed by atoms with Crippen molar-refractivity contribution in [2.24, 2.45) is 0 Å². The molecule has 1 atom stereocenters. The van der Waals surface area contributed by atoms with E-state index >= 15 is 0 Å². The van der Waals surface area contributed by atoms with Crippen LogP contribution in [-0.2, 0) is 9.59 Å². The number of hydrogen-bond donors (Lipinski definition) is 0. The number of Topliss-reactive ketones (excluding diaryl/α,β-unsaturated/α-hetero) is 1. The summed E-state index contributed by atoms with van der Waals surface area (Å²) in [5.41, 5.74) is 3.38. The molecule has 1 aliphatic carbocycles. The summed E-state index contributed by atoms with van der Waals surface area (Å²) in [7, 11) is 0. The lowest BCUT2D eigenvalue weighted by Crippen LogP contribution is -2.40. The second-order valence-electron chi connectivity index (χ2n) is 7.85. The molecule has 0 N–H and O–H groups in total. The minimum Gasteiger partial charge on any atom is -0.494 e. The number of aryl methyl sites for hydroxylation is 1. The van der Waals surface area contributed by atoms with Crippen LogP contribution >= 0.6 is 0 Å². The molecule has 0 saturated carbocycles. The van der Waals surface area contributed by atoms with E-state index in [1.165, 1.54) is 12.1 Å². The van der Waals surface area contributed by atoms with Crippen molar-refractivity contribution in [3.8, 4) is 5.75 Å². The molecule has 0 saturated heterocycles. The number of anilines is 1. The molecule has 0 bridgehead atoms. The zero-order valence-electron chi connectivity index (χ0n) is 17.6. The van der Waals surface area contributed by atoms with Gasteiger partial charge in [-0.3, -0.25) is 24.6 Å². The normalized spacial score (nSPS) is 18.8. The van der Waals surface area contributed by atoms with Gasteiger partial charge in [-0.15, -0.1) is 0 Å². The summed E-state index contributed by atoms with van der Waals surface area (Å²) in [4.78, 5) is 38.7. The Balaban J connectivity index is 1.82. The van der Waals surface area contributed by atoms with E-state index < -0.39 is 4.92 Å². The number of rotatable bonds is 5. The molecular weight excluding hydrogens is 396 g/mol. The van der Waals surface area contributed by atoms with Crippen molar-refractivity contribution in [3.63, 3.8) is 0 Å². The number of amides is 1. The molecule has 2 aliphatic rings. The maximum atomic E-state index is 13.3. The lowest BCUT2D eigenvalue weighted by Gasteiger charge is -2.38. The Morgan fingerprint density at radius 3 is 2.55 bits per heavy atom. The van der Waals surface area contributed by atoms with Gasteiger partial charge in [0.15, 0.2) is 5.78 Å². The van der Waals surface area contributed by atoms with Gasteiger partial charge in [0, 0.05) is 42.2 Å². The van der Waals surface area contributed by atoms with Crippen molar-refractivity contribution >= 4 is 23.1 Å². The van der Waals surface area contributed by atoms with Crippen LogP contribution in [-0.4, -0.2) is 23.2 Å². The molecule has 160 valence electrons. The second-order valence-corrected chi connectivity index (χ2v) is 7.85. The average molecular weight is 420 g/mol. The fourth-order valence-electron chi connectivity index (χ4n) is 4.47. The highest BCUT2D eigenvalue weighted by Crippen LogP contribution is 2.44. The number of carbonyl (C=O) groups excluding carboxylic acids is 2. The second kappa shape index (κ2) is 8.34. The number of non-ortho nitro benzene ring substituents is 1. The van der Waals surface area contributed by atoms with Crippen molar-refractivity contribution < 1.29 is 19.2 Å². The number of nitro groups is 1. The Morgan fingerprint density at radius 2 is 1.87 bits per heavy atom. The van der Waals surface area contributed by atoms with Crippen LogP contribution in [0.2, 0.25) is 0 Å². The number of benzene rings is 2. The van der Waals surface area contributed by atoms with Crippen molar-refractivity contribution in [2.45, 2.75) is 45.4 Å². The van der Waals surface area contributed by atoms with Gasteiger partial charge in [-0.05, 0) is 49.9 Å². The van der Waals surface area contributed by atoms with E-state index in [4.69, 9.17) is 4.74 Å². The zero-order valence-corrected chi connectivity index (χ0v) is 17.6. The maximum Gasteiger partial charge on any atom is 0.271 e. The lowest BCUT2D eigenvalue weighted by atomic mass is 9.77. The Hall–Kier alpha value is -3.48. The molecule has 1 amide bonds. The Kier molecular flexibility index (Phi) is 5.59. The number of allylic oxidation sites excluding steroid dienone is 2.